The highest BCUT2D eigenvalue weighted by atomic mass is 79.9. The average Bonchev–Trinajstić information content (AvgIpc) is 0.892. The highest BCUT2D eigenvalue weighted by Crippen LogP contribution is 2.21. The van der Waals surface area contributed by atoms with E-state index in [4.69, 9.17) is 28.4 Å². The van der Waals surface area contributed by atoms with Gasteiger partial charge < -0.3 is 101 Å². The second-order valence-electron chi connectivity index (χ2n) is 43.8. The molecule has 2 unspecified atom stereocenters. The van der Waals surface area contributed by atoms with Crippen LogP contribution in [-0.2, 0) is 28.4 Å². The maximum atomic E-state index is 9.45. The summed E-state index contributed by atoms with van der Waals surface area (Å²) in [5, 5.41) is 9.45. The lowest BCUT2D eigenvalue weighted by Crippen LogP contribution is -3.00. The third kappa shape index (κ3) is 113. The van der Waals surface area contributed by atoms with Gasteiger partial charge in [0.05, 0.1) is 87.9 Å². The normalized spacial score (nSPS) is 13.6. The Kier molecular flexibility index (Phi) is 121. The van der Waals surface area contributed by atoms with Crippen LogP contribution in [-0.4, -0.2) is 284 Å². The highest BCUT2D eigenvalue weighted by Gasteiger charge is 2.27. The number of likely N-dealkylation sites (N-methyl/N-ethyl adjacent to an activating group) is 3. The van der Waals surface area contributed by atoms with E-state index in [1.54, 1.807) is 0 Å². The van der Waals surface area contributed by atoms with E-state index in [1.165, 1.54) is 483 Å². The summed E-state index contributed by atoms with van der Waals surface area (Å²) in [6.07, 6.45) is 111. The zero-order valence-corrected chi connectivity index (χ0v) is 99.3. The van der Waals surface area contributed by atoms with Crippen molar-refractivity contribution >= 4 is 0 Å². The van der Waals surface area contributed by atoms with Gasteiger partial charge in [-0.3, -0.25) is 0 Å². The number of quaternary nitrogens is 3. The number of halogens is 2. The number of aliphatic hydroxyl groups is 1. The Morgan fingerprint density at radius 3 is 0.819 bits per heavy atom. The van der Waals surface area contributed by atoms with Crippen molar-refractivity contribution in [3.05, 3.63) is 48.6 Å². The smallest absolute Gasteiger partial charge is 0.130 e. The molecule has 1 aliphatic rings. The number of aliphatic hydroxyl groups excluding tert-OH is 1. The van der Waals surface area contributed by atoms with Crippen molar-refractivity contribution < 1.29 is 80.9 Å². The molecule has 1 fully saturated rings. The molecule has 138 heavy (non-hydrogen) atoms. The molecule has 828 valence electrons. The van der Waals surface area contributed by atoms with Crippen LogP contribution in [0, 0.1) is 0 Å². The van der Waals surface area contributed by atoms with Crippen molar-refractivity contribution in [2.24, 2.45) is 0 Å². The van der Waals surface area contributed by atoms with Gasteiger partial charge in [0, 0.05) is 111 Å². The molecule has 0 spiro atoms. The molecular weight excluding hydrogens is 1840 g/mol. The first-order valence-corrected chi connectivity index (χ1v) is 60.6. The van der Waals surface area contributed by atoms with Gasteiger partial charge in [-0.25, -0.2) is 0 Å². The van der Waals surface area contributed by atoms with Gasteiger partial charge in [0.25, 0.3) is 0 Å². The summed E-state index contributed by atoms with van der Waals surface area (Å²) in [5.74, 6) is 0. The zero-order chi connectivity index (χ0) is 99.5. The van der Waals surface area contributed by atoms with Gasteiger partial charge in [-0.05, 0) is 156 Å². The summed E-state index contributed by atoms with van der Waals surface area (Å²) in [6.45, 7) is 46.2. The first-order chi connectivity index (χ1) is 66.5. The Labute approximate surface area is 887 Å². The second-order valence-corrected chi connectivity index (χ2v) is 43.8. The van der Waals surface area contributed by atoms with E-state index >= 15 is 0 Å². The van der Waals surface area contributed by atoms with Crippen molar-refractivity contribution in [3.63, 3.8) is 0 Å². The van der Waals surface area contributed by atoms with Gasteiger partial charge in [-0.1, -0.05) is 399 Å². The van der Waals surface area contributed by atoms with Crippen molar-refractivity contribution in [2.75, 3.05) is 233 Å². The number of hydrogen-bond donors (Lipinski definition) is 1. The van der Waals surface area contributed by atoms with Gasteiger partial charge in [0.1, 0.15) is 38.4 Å². The Morgan fingerprint density at radius 1 is 0.254 bits per heavy atom. The molecule has 1 heterocycles. The highest BCUT2D eigenvalue weighted by molar-refractivity contribution is 4.84. The molecule has 2 atom stereocenters. The molecule has 1 saturated heterocycles. The van der Waals surface area contributed by atoms with E-state index in [-0.39, 0.29) is 52.8 Å². The molecule has 0 aromatic carbocycles. The van der Waals surface area contributed by atoms with Crippen LogP contribution in [0.3, 0.4) is 0 Å². The maximum absolute atomic E-state index is 9.45. The van der Waals surface area contributed by atoms with Crippen LogP contribution in [0.15, 0.2) is 48.6 Å². The maximum Gasteiger partial charge on any atom is 0.130 e. The number of hydrogen-bond acceptors (Lipinski definition) is 11. The zero-order valence-electron chi connectivity index (χ0n) is 96.1. The van der Waals surface area contributed by atoms with Crippen LogP contribution in [0.5, 0.6) is 0 Å². The van der Waals surface area contributed by atoms with Crippen LogP contribution in [0.4, 0.5) is 0 Å². The molecule has 0 radical (unpaired) electrons. The molecule has 0 aromatic rings. The first-order valence-electron chi connectivity index (χ1n) is 60.6. The fourth-order valence-electron chi connectivity index (χ4n) is 19.0. The number of ether oxygens (including phenoxy) is 6. The molecule has 0 aliphatic carbocycles. The van der Waals surface area contributed by atoms with Gasteiger partial charge in [0.15, 0.2) is 0 Å². The minimum Gasteiger partial charge on any atom is -1.00 e. The van der Waals surface area contributed by atoms with Crippen LogP contribution >= 0.6 is 0 Å². The van der Waals surface area contributed by atoms with Crippen LogP contribution in [0.1, 0.15) is 498 Å². The lowest BCUT2D eigenvalue weighted by Gasteiger charge is -2.36. The minimum atomic E-state index is 0. The lowest BCUT2D eigenvalue weighted by molar-refractivity contribution is -0.910. The SMILES string of the molecule is CCCC/C=C\CCCCCCCCOCC(C[N+](C)(C)CCCN(C)C)OCCCCCCCC/C=C\CCCC.CCCC/C=C\CCCCCCCCOCC(C[N+](C)(C)CCCN1CCN(CCC)CC1)OCCCCCCCC/C=C\CCCC.CCCCCCCCCCCCCCOCC[N+](C)(CCCN(CCC)CCO)CCOCCCCCCCCCCCCCC.[Br-].[Br-]. The van der Waals surface area contributed by atoms with Crippen LogP contribution in [0.25, 0.3) is 0 Å². The number of allylic oxidation sites excluding steroid dienone is 8. The van der Waals surface area contributed by atoms with Crippen molar-refractivity contribution in [2.45, 2.75) is 511 Å². The van der Waals surface area contributed by atoms with Crippen molar-refractivity contribution in [1.82, 2.24) is 19.6 Å². The molecule has 1 rings (SSSR count). The molecular formula is C122H250Br2N7O7+. The summed E-state index contributed by atoms with van der Waals surface area (Å²) in [4.78, 5) is 10.0. The van der Waals surface area contributed by atoms with Crippen LogP contribution in [0.2, 0.25) is 0 Å². The standard InChI is InChI=1S/C43H86N3O2.C41H87N2O3.C38H77N2O2.2BrH/c1-6-9-11-13-15-17-19-21-23-25-27-29-39-47-42-43(48-40-30-28-26-24-22-20-18-16-14-12-10-7-2)41-46(4,5)38-31-33-45-36-34-44(32-8-3)35-37-45;1-5-8-10-12-14-16-18-20-22-24-26-28-38-45-40-35-43(4,34-30-32-42(31-7-3)33-37-44)36-41-46-39-29-27-25-23-21-19-17-15-13-11-9-6-2;1-7-9-11-13-15-17-19-21-23-25-27-29-34-41-37-38(36-40(5,6)33-31-32-39(3)4)42-35-30-28-26-24-22-20-18-16-14-12-10-8-2;;/h13-16,43H,6-12,17-42H2,1-5H3;44H,5-41H2,1-4H3;13-16,38H,7-12,17-37H2,1-6H3;2*1H/q3*+1;;/p-2/b15-13-,16-14-;;15-13-,16-14-;;. The van der Waals surface area contributed by atoms with E-state index < -0.39 is 0 Å². The Balaban J connectivity index is -0.000000971. The largest absolute Gasteiger partial charge is 1.00 e. The summed E-state index contributed by atoms with van der Waals surface area (Å²) >= 11 is 0. The van der Waals surface area contributed by atoms with Crippen molar-refractivity contribution in [3.8, 4) is 0 Å². The molecule has 0 amide bonds. The monoisotopic (exact) mass is 2080 g/mol. The molecule has 0 bridgehead atoms. The van der Waals surface area contributed by atoms with Crippen LogP contribution < -0.4 is 34.0 Å². The topological polar surface area (TPSA) is 88.6 Å². The quantitative estimate of drug-likeness (QED) is 0.0359. The summed E-state index contributed by atoms with van der Waals surface area (Å²) in [6, 6.07) is 0. The number of unbranched alkanes of at least 4 members (excludes halogenated alkanes) is 54. The fourth-order valence-corrected chi connectivity index (χ4v) is 19.0. The van der Waals surface area contributed by atoms with E-state index in [0.29, 0.717) is 0 Å². The Hall–Kier alpha value is -0.640. The first kappa shape index (κ1) is 144. The Morgan fingerprint density at radius 2 is 0.522 bits per heavy atom. The molecule has 0 aromatic heterocycles. The van der Waals surface area contributed by atoms with E-state index in [0.717, 1.165) is 151 Å². The van der Waals surface area contributed by atoms with Gasteiger partial charge in [0.2, 0.25) is 0 Å². The van der Waals surface area contributed by atoms with Gasteiger partial charge >= 0.3 is 0 Å². The van der Waals surface area contributed by atoms with E-state index in [9.17, 15) is 5.11 Å². The van der Waals surface area contributed by atoms with Crippen molar-refractivity contribution in [1.29, 1.82) is 0 Å². The molecule has 1 aliphatic heterocycles. The molecule has 16 heteroatoms. The third-order valence-electron chi connectivity index (χ3n) is 28.2. The molecule has 1 N–H and O–H groups in total. The lowest BCUT2D eigenvalue weighted by atomic mass is 10.1. The summed E-state index contributed by atoms with van der Waals surface area (Å²) < 4.78 is 40.8. The number of rotatable bonds is 108. The van der Waals surface area contributed by atoms with Gasteiger partial charge in [-0.2, -0.15) is 0 Å². The Bertz CT molecular complexity index is 2340. The summed E-state index contributed by atoms with van der Waals surface area (Å²) in [7, 11) is 16.2. The molecule has 14 nitrogen and oxygen atoms in total. The third-order valence-corrected chi connectivity index (χ3v) is 28.2. The van der Waals surface area contributed by atoms with E-state index in [1.807, 2.05) is 0 Å². The minimum absolute atomic E-state index is 0. The number of nitrogens with zero attached hydrogens (tertiary/aromatic N) is 7. The predicted octanol–water partition coefficient (Wildman–Crippen LogP) is 26.2. The summed E-state index contributed by atoms with van der Waals surface area (Å²) in [5.41, 5.74) is 0. The number of piperazine rings is 1. The predicted molar refractivity (Wildman–Crippen MR) is 603 cm³/mol. The molecule has 0 saturated carbocycles. The van der Waals surface area contributed by atoms with Gasteiger partial charge in [-0.15, -0.1) is 0 Å². The fraction of sp³-hybridized carbons (Fsp3) is 0.934. The second kappa shape index (κ2) is 117. The van der Waals surface area contributed by atoms with E-state index in [2.05, 4.69) is 173 Å². The average molecular weight is 2090 g/mol.